The van der Waals surface area contributed by atoms with E-state index < -0.39 is 5.97 Å². The maximum absolute atomic E-state index is 10.9. The summed E-state index contributed by atoms with van der Waals surface area (Å²) in [4.78, 5) is 18.0. The second kappa shape index (κ2) is 5.84. The molecule has 1 aliphatic rings. The summed E-state index contributed by atoms with van der Waals surface area (Å²) in [5, 5.41) is 8.93. The number of rotatable bonds is 5. The summed E-state index contributed by atoms with van der Waals surface area (Å²) in [6.07, 6.45) is 2.62. The van der Waals surface area contributed by atoms with E-state index in [1.165, 1.54) is 37.3 Å². The van der Waals surface area contributed by atoms with E-state index in [-0.39, 0.29) is 0 Å². The van der Waals surface area contributed by atoms with Gasteiger partial charge in [-0.3, -0.25) is 0 Å². The fourth-order valence-corrected chi connectivity index (χ4v) is 4.00. The molecule has 0 amide bonds. The molecule has 6 heteroatoms. The minimum absolute atomic E-state index is 0.369. The Bertz CT molecular complexity index is 400. The first-order chi connectivity index (χ1) is 8.16. The number of thiazole rings is 1. The van der Waals surface area contributed by atoms with E-state index in [0.29, 0.717) is 10.6 Å². The van der Waals surface area contributed by atoms with Crippen molar-refractivity contribution in [3.8, 4) is 0 Å². The van der Waals surface area contributed by atoms with Crippen molar-refractivity contribution in [2.45, 2.75) is 24.1 Å². The minimum Gasteiger partial charge on any atom is -0.477 e. The van der Waals surface area contributed by atoms with Crippen LogP contribution < -0.4 is 0 Å². The molecule has 0 radical (unpaired) electrons. The molecule has 1 aliphatic heterocycles. The van der Waals surface area contributed by atoms with E-state index in [1.807, 2.05) is 0 Å². The van der Waals surface area contributed by atoms with Crippen LogP contribution in [-0.4, -0.2) is 46.3 Å². The molecule has 0 saturated carbocycles. The topological polar surface area (TPSA) is 53.4 Å². The molecule has 1 aromatic heterocycles. The van der Waals surface area contributed by atoms with Crippen molar-refractivity contribution in [3.05, 3.63) is 10.6 Å². The molecule has 0 bridgehead atoms. The third kappa shape index (κ3) is 3.43. The molecule has 0 spiro atoms. The summed E-state index contributed by atoms with van der Waals surface area (Å²) < 4.78 is 0.874. The lowest BCUT2D eigenvalue weighted by molar-refractivity contribution is 0.0701. The van der Waals surface area contributed by atoms with Crippen LogP contribution in [0.2, 0.25) is 0 Å². The SMILES string of the molecule is Cc1nc(SCCN2CCCC2)sc1C(=O)O. The van der Waals surface area contributed by atoms with Gasteiger partial charge in [0.05, 0.1) is 5.69 Å². The lowest BCUT2D eigenvalue weighted by Crippen LogP contribution is -2.21. The average molecular weight is 272 g/mol. The zero-order chi connectivity index (χ0) is 12.3. The van der Waals surface area contributed by atoms with Crippen LogP contribution in [0.15, 0.2) is 4.34 Å². The molecule has 4 nitrogen and oxygen atoms in total. The number of thioether (sulfide) groups is 1. The first-order valence-electron chi connectivity index (χ1n) is 5.72. The van der Waals surface area contributed by atoms with Crippen LogP contribution in [0.3, 0.4) is 0 Å². The second-order valence-electron chi connectivity index (χ2n) is 4.10. The molecule has 0 atom stereocenters. The molecule has 1 N–H and O–H groups in total. The maximum Gasteiger partial charge on any atom is 0.347 e. The third-order valence-corrected chi connectivity index (χ3v) is 5.07. The van der Waals surface area contributed by atoms with Gasteiger partial charge in [-0.05, 0) is 32.9 Å². The zero-order valence-corrected chi connectivity index (χ0v) is 11.4. The zero-order valence-electron chi connectivity index (χ0n) is 9.81. The number of carboxylic acid groups (broad SMARTS) is 1. The number of nitrogens with zero attached hydrogens (tertiary/aromatic N) is 2. The summed E-state index contributed by atoms with van der Waals surface area (Å²) in [5.74, 6) is 0.123. The smallest absolute Gasteiger partial charge is 0.347 e. The highest BCUT2D eigenvalue weighted by molar-refractivity contribution is 8.01. The highest BCUT2D eigenvalue weighted by Crippen LogP contribution is 2.27. The molecule has 1 saturated heterocycles. The second-order valence-corrected chi connectivity index (χ2v) is 6.44. The number of likely N-dealkylation sites (tertiary alicyclic amines) is 1. The highest BCUT2D eigenvalue weighted by atomic mass is 32.2. The van der Waals surface area contributed by atoms with Gasteiger partial charge in [0.15, 0.2) is 4.34 Å². The first-order valence-corrected chi connectivity index (χ1v) is 7.53. The third-order valence-electron chi connectivity index (χ3n) is 2.80. The normalized spacial score (nSPS) is 16.5. The van der Waals surface area contributed by atoms with Crippen molar-refractivity contribution < 1.29 is 9.90 Å². The number of hydrogen-bond donors (Lipinski definition) is 1. The van der Waals surface area contributed by atoms with Gasteiger partial charge in [-0.15, -0.1) is 11.3 Å². The summed E-state index contributed by atoms with van der Waals surface area (Å²) in [6.45, 7) is 5.24. The van der Waals surface area contributed by atoms with Gasteiger partial charge in [0.25, 0.3) is 0 Å². The fraction of sp³-hybridized carbons (Fsp3) is 0.636. The predicted octanol–water partition coefficient (Wildman–Crippen LogP) is 2.34. The van der Waals surface area contributed by atoms with E-state index in [9.17, 15) is 4.79 Å². The minimum atomic E-state index is -0.869. The van der Waals surface area contributed by atoms with E-state index in [2.05, 4.69) is 9.88 Å². The highest BCUT2D eigenvalue weighted by Gasteiger charge is 2.15. The Kier molecular flexibility index (Phi) is 4.42. The molecule has 94 valence electrons. The Morgan fingerprint density at radius 1 is 1.53 bits per heavy atom. The molecular formula is C11H16N2O2S2. The van der Waals surface area contributed by atoms with Crippen molar-refractivity contribution >= 4 is 29.1 Å². The van der Waals surface area contributed by atoms with Gasteiger partial charge in [-0.2, -0.15) is 0 Å². The quantitative estimate of drug-likeness (QED) is 0.834. The Balaban J connectivity index is 1.82. The van der Waals surface area contributed by atoms with Crippen LogP contribution in [0.4, 0.5) is 0 Å². The van der Waals surface area contributed by atoms with E-state index in [4.69, 9.17) is 5.11 Å². The largest absolute Gasteiger partial charge is 0.477 e. The van der Waals surface area contributed by atoms with Gasteiger partial charge < -0.3 is 10.0 Å². The average Bonchev–Trinajstić information content (AvgIpc) is 2.88. The van der Waals surface area contributed by atoms with E-state index in [1.54, 1.807) is 18.7 Å². The van der Waals surface area contributed by atoms with Gasteiger partial charge >= 0.3 is 5.97 Å². The Hall–Kier alpha value is -0.590. The molecular weight excluding hydrogens is 256 g/mol. The van der Waals surface area contributed by atoms with Crippen molar-refractivity contribution in [1.29, 1.82) is 0 Å². The van der Waals surface area contributed by atoms with E-state index in [0.717, 1.165) is 16.6 Å². The molecule has 2 rings (SSSR count). The summed E-state index contributed by atoms with van der Waals surface area (Å²) in [7, 11) is 0. The lowest BCUT2D eigenvalue weighted by Gasteiger charge is -2.12. The Labute approximate surface area is 109 Å². The van der Waals surface area contributed by atoms with Crippen molar-refractivity contribution in [2.75, 3.05) is 25.4 Å². The number of carboxylic acids is 1. The lowest BCUT2D eigenvalue weighted by atomic mass is 10.4. The summed E-state index contributed by atoms with van der Waals surface area (Å²) in [6, 6.07) is 0. The van der Waals surface area contributed by atoms with Gasteiger partial charge in [0.1, 0.15) is 4.88 Å². The van der Waals surface area contributed by atoms with Crippen LogP contribution in [0.5, 0.6) is 0 Å². The van der Waals surface area contributed by atoms with Crippen molar-refractivity contribution in [1.82, 2.24) is 9.88 Å². The number of aryl methyl sites for hydroxylation is 1. The van der Waals surface area contributed by atoms with Crippen LogP contribution in [0.25, 0.3) is 0 Å². The number of hydrogen-bond acceptors (Lipinski definition) is 5. The fourth-order valence-electron chi connectivity index (χ4n) is 1.90. The van der Waals surface area contributed by atoms with Gasteiger partial charge in [0.2, 0.25) is 0 Å². The van der Waals surface area contributed by atoms with Crippen molar-refractivity contribution in [2.24, 2.45) is 0 Å². The van der Waals surface area contributed by atoms with Gasteiger partial charge in [-0.25, -0.2) is 9.78 Å². The standard InChI is InChI=1S/C11H16N2O2S2/c1-8-9(10(14)15)17-11(12-8)16-7-6-13-4-2-3-5-13/h2-7H2,1H3,(H,14,15). The molecule has 17 heavy (non-hydrogen) atoms. The summed E-state index contributed by atoms with van der Waals surface area (Å²) in [5.41, 5.74) is 0.631. The summed E-state index contributed by atoms with van der Waals surface area (Å²) >= 11 is 2.95. The number of aromatic carboxylic acids is 1. The van der Waals surface area contributed by atoms with Crippen LogP contribution >= 0.6 is 23.1 Å². The molecule has 2 heterocycles. The molecule has 1 fully saturated rings. The molecule has 1 aromatic rings. The predicted molar refractivity (Wildman–Crippen MR) is 70.2 cm³/mol. The van der Waals surface area contributed by atoms with Gasteiger partial charge in [-0.1, -0.05) is 11.8 Å². The van der Waals surface area contributed by atoms with Gasteiger partial charge in [0, 0.05) is 12.3 Å². The number of aromatic nitrogens is 1. The Morgan fingerprint density at radius 2 is 2.24 bits per heavy atom. The van der Waals surface area contributed by atoms with Crippen LogP contribution in [-0.2, 0) is 0 Å². The molecule has 0 aromatic carbocycles. The van der Waals surface area contributed by atoms with Crippen LogP contribution in [0, 0.1) is 6.92 Å². The van der Waals surface area contributed by atoms with Crippen LogP contribution in [0.1, 0.15) is 28.2 Å². The maximum atomic E-state index is 10.9. The molecule has 0 unspecified atom stereocenters. The molecule has 0 aliphatic carbocycles. The first kappa shape index (κ1) is 12.9. The Morgan fingerprint density at radius 3 is 2.82 bits per heavy atom. The van der Waals surface area contributed by atoms with Crippen molar-refractivity contribution in [3.63, 3.8) is 0 Å². The number of carbonyl (C=O) groups is 1. The monoisotopic (exact) mass is 272 g/mol. The van der Waals surface area contributed by atoms with E-state index >= 15 is 0 Å².